The predicted molar refractivity (Wildman–Crippen MR) is 92.8 cm³/mol. The summed E-state index contributed by atoms with van der Waals surface area (Å²) in [6, 6.07) is 0. The summed E-state index contributed by atoms with van der Waals surface area (Å²) in [4.78, 5) is 6.92. The first kappa shape index (κ1) is 16.3. The van der Waals surface area contributed by atoms with Gasteiger partial charge in [0.15, 0.2) is 5.96 Å². The fraction of sp³-hybridized carbons (Fsp3) is 0.933. The summed E-state index contributed by atoms with van der Waals surface area (Å²) in [6.07, 6.45) is 9.84. The minimum atomic E-state index is 0. The molecular formula is C15H28IN3O. The average Bonchev–Trinajstić information content (AvgIpc) is 3.15. The molecular weight excluding hydrogens is 365 g/mol. The van der Waals surface area contributed by atoms with Gasteiger partial charge in [-0.15, -0.1) is 24.0 Å². The van der Waals surface area contributed by atoms with Crippen LogP contribution >= 0.6 is 24.0 Å². The van der Waals surface area contributed by atoms with Gasteiger partial charge in [-0.1, -0.05) is 12.8 Å². The molecule has 2 aliphatic heterocycles. The number of rotatable bonds is 2. The van der Waals surface area contributed by atoms with Crippen LogP contribution in [-0.4, -0.2) is 50.3 Å². The van der Waals surface area contributed by atoms with Crippen molar-refractivity contribution in [1.29, 1.82) is 0 Å². The molecule has 1 saturated carbocycles. The monoisotopic (exact) mass is 393 g/mol. The molecule has 1 aliphatic carbocycles. The Kier molecular flexibility index (Phi) is 5.95. The lowest BCUT2D eigenvalue weighted by Gasteiger charge is -2.26. The molecule has 20 heavy (non-hydrogen) atoms. The van der Waals surface area contributed by atoms with Crippen LogP contribution < -0.4 is 5.32 Å². The fourth-order valence-electron chi connectivity index (χ4n) is 3.99. The van der Waals surface area contributed by atoms with Crippen molar-refractivity contribution in [2.24, 2.45) is 10.4 Å². The van der Waals surface area contributed by atoms with Crippen LogP contribution in [0, 0.1) is 5.41 Å². The summed E-state index contributed by atoms with van der Waals surface area (Å²) in [5.74, 6) is 1.08. The summed E-state index contributed by atoms with van der Waals surface area (Å²) in [5.41, 5.74) is 0.613. The largest absolute Gasteiger partial charge is 0.376 e. The highest BCUT2D eigenvalue weighted by molar-refractivity contribution is 14.0. The van der Waals surface area contributed by atoms with E-state index in [-0.39, 0.29) is 24.0 Å². The van der Waals surface area contributed by atoms with Crippen molar-refractivity contribution in [3.05, 3.63) is 0 Å². The SMILES string of the molecule is CN=C(NCC1CCCO1)N1CCC2(CCCC2)C1.I. The lowest BCUT2D eigenvalue weighted by atomic mass is 9.86. The number of hydrogen-bond donors (Lipinski definition) is 1. The number of nitrogens with one attached hydrogen (secondary N) is 1. The van der Waals surface area contributed by atoms with Gasteiger partial charge in [0.25, 0.3) is 0 Å². The second kappa shape index (κ2) is 7.29. The van der Waals surface area contributed by atoms with Crippen LogP contribution in [-0.2, 0) is 4.74 Å². The molecule has 1 N–H and O–H groups in total. The Balaban J connectivity index is 0.00000147. The van der Waals surface area contributed by atoms with Crippen LogP contribution in [0.1, 0.15) is 44.9 Å². The van der Waals surface area contributed by atoms with Gasteiger partial charge >= 0.3 is 0 Å². The normalized spacial score (nSPS) is 28.9. The molecule has 2 saturated heterocycles. The van der Waals surface area contributed by atoms with E-state index in [4.69, 9.17) is 4.74 Å². The van der Waals surface area contributed by atoms with E-state index in [0.29, 0.717) is 11.5 Å². The zero-order valence-corrected chi connectivity index (χ0v) is 14.9. The second-order valence-electron chi connectivity index (χ2n) is 6.44. The zero-order chi connectivity index (χ0) is 13.1. The lowest BCUT2D eigenvalue weighted by Crippen LogP contribution is -2.43. The fourth-order valence-corrected chi connectivity index (χ4v) is 3.99. The second-order valence-corrected chi connectivity index (χ2v) is 6.44. The van der Waals surface area contributed by atoms with Crippen LogP contribution in [0.4, 0.5) is 0 Å². The van der Waals surface area contributed by atoms with E-state index in [2.05, 4.69) is 15.2 Å². The molecule has 0 aromatic carbocycles. The molecule has 116 valence electrons. The zero-order valence-electron chi connectivity index (χ0n) is 12.6. The van der Waals surface area contributed by atoms with Crippen LogP contribution in [0.25, 0.3) is 0 Å². The number of halogens is 1. The maximum Gasteiger partial charge on any atom is 0.193 e. The van der Waals surface area contributed by atoms with E-state index in [1.54, 1.807) is 0 Å². The first-order valence-electron chi connectivity index (χ1n) is 7.89. The van der Waals surface area contributed by atoms with Crippen LogP contribution in [0.15, 0.2) is 4.99 Å². The van der Waals surface area contributed by atoms with Gasteiger partial charge in [0.2, 0.25) is 0 Å². The molecule has 0 bridgehead atoms. The van der Waals surface area contributed by atoms with Gasteiger partial charge in [0.05, 0.1) is 6.10 Å². The van der Waals surface area contributed by atoms with Gasteiger partial charge in [-0.05, 0) is 37.5 Å². The molecule has 3 fully saturated rings. The van der Waals surface area contributed by atoms with Crippen molar-refractivity contribution < 1.29 is 4.74 Å². The predicted octanol–water partition coefficient (Wildman–Crippen LogP) is 2.62. The van der Waals surface area contributed by atoms with Crippen molar-refractivity contribution in [1.82, 2.24) is 10.2 Å². The van der Waals surface area contributed by atoms with Crippen LogP contribution in [0.5, 0.6) is 0 Å². The Bertz CT molecular complexity index is 336. The lowest BCUT2D eigenvalue weighted by molar-refractivity contribution is 0.113. The standard InChI is InChI=1S/C15H27N3O.HI/c1-16-14(17-11-13-5-4-10-19-13)18-9-8-15(12-18)6-2-3-7-15;/h13H,2-12H2,1H3,(H,16,17);1H. The minimum Gasteiger partial charge on any atom is -0.376 e. The summed E-state index contributed by atoms with van der Waals surface area (Å²) in [5, 5.41) is 3.51. The van der Waals surface area contributed by atoms with Gasteiger partial charge in [-0.2, -0.15) is 0 Å². The molecule has 1 spiro atoms. The molecule has 1 atom stereocenters. The first-order valence-corrected chi connectivity index (χ1v) is 7.89. The summed E-state index contributed by atoms with van der Waals surface area (Å²) in [6.45, 7) is 4.22. The smallest absolute Gasteiger partial charge is 0.193 e. The highest BCUT2D eigenvalue weighted by atomic mass is 127. The third-order valence-electron chi connectivity index (χ3n) is 5.13. The molecule has 1 unspecified atom stereocenters. The maximum absolute atomic E-state index is 5.67. The van der Waals surface area contributed by atoms with Gasteiger partial charge in [0.1, 0.15) is 0 Å². The van der Waals surface area contributed by atoms with E-state index in [9.17, 15) is 0 Å². The van der Waals surface area contributed by atoms with Crippen molar-refractivity contribution in [3.63, 3.8) is 0 Å². The summed E-state index contributed by atoms with van der Waals surface area (Å²) < 4.78 is 5.67. The Labute approximate surface area is 139 Å². The van der Waals surface area contributed by atoms with Gasteiger partial charge in [-0.25, -0.2) is 0 Å². The van der Waals surface area contributed by atoms with E-state index in [0.717, 1.165) is 19.1 Å². The molecule has 0 radical (unpaired) electrons. The highest BCUT2D eigenvalue weighted by Crippen LogP contribution is 2.45. The first-order chi connectivity index (χ1) is 9.31. The number of guanidine groups is 1. The third-order valence-corrected chi connectivity index (χ3v) is 5.13. The number of hydrogen-bond acceptors (Lipinski definition) is 2. The number of nitrogens with zero attached hydrogens (tertiary/aromatic N) is 2. The van der Waals surface area contributed by atoms with Gasteiger partial charge in [0, 0.05) is 33.3 Å². The van der Waals surface area contributed by atoms with Crippen molar-refractivity contribution >= 4 is 29.9 Å². The number of ether oxygens (including phenoxy) is 1. The van der Waals surface area contributed by atoms with E-state index >= 15 is 0 Å². The van der Waals surface area contributed by atoms with Crippen LogP contribution in [0.3, 0.4) is 0 Å². The van der Waals surface area contributed by atoms with Crippen molar-refractivity contribution in [3.8, 4) is 0 Å². The number of likely N-dealkylation sites (tertiary alicyclic amines) is 1. The van der Waals surface area contributed by atoms with Gasteiger partial charge in [-0.3, -0.25) is 4.99 Å². The molecule has 2 heterocycles. The quantitative estimate of drug-likeness (QED) is 0.445. The van der Waals surface area contributed by atoms with Crippen molar-refractivity contribution in [2.45, 2.75) is 51.0 Å². The Morgan fingerprint density at radius 3 is 2.75 bits per heavy atom. The molecule has 3 aliphatic rings. The molecule has 0 aromatic heterocycles. The Morgan fingerprint density at radius 2 is 2.10 bits per heavy atom. The molecule has 0 aromatic rings. The molecule has 4 nitrogen and oxygen atoms in total. The van der Waals surface area contributed by atoms with Gasteiger partial charge < -0.3 is 15.0 Å². The van der Waals surface area contributed by atoms with E-state index in [1.165, 1.54) is 58.0 Å². The summed E-state index contributed by atoms with van der Waals surface area (Å²) >= 11 is 0. The molecule has 0 amide bonds. The number of aliphatic imine (C=N–C) groups is 1. The topological polar surface area (TPSA) is 36.9 Å². The third kappa shape index (κ3) is 3.59. The summed E-state index contributed by atoms with van der Waals surface area (Å²) in [7, 11) is 1.90. The van der Waals surface area contributed by atoms with E-state index < -0.39 is 0 Å². The Morgan fingerprint density at radius 1 is 1.30 bits per heavy atom. The maximum atomic E-state index is 5.67. The highest BCUT2D eigenvalue weighted by Gasteiger charge is 2.41. The minimum absolute atomic E-state index is 0. The molecule has 5 heteroatoms. The molecule has 3 rings (SSSR count). The van der Waals surface area contributed by atoms with Crippen molar-refractivity contribution in [2.75, 3.05) is 33.3 Å². The van der Waals surface area contributed by atoms with E-state index in [1.807, 2.05) is 7.05 Å². The van der Waals surface area contributed by atoms with Crippen LogP contribution in [0.2, 0.25) is 0 Å². The Hall–Kier alpha value is -0.0400. The average molecular weight is 393 g/mol.